The molecule has 0 aliphatic rings. The van der Waals surface area contributed by atoms with Gasteiger partial charge in [-0.05, 0) is 6.92 Å². The van der Waals surface area contributed by atoms with E-state index in [0.29, 0.717) is 18.0 Å². The summed E-state index contributed by atoms with van der Waals surface area (Å²) in [5, 5.41) is 5.02. The first-order chi connectivity index (χ1) is 6.66. The highest BCUT2D eigenvalue weighted by molar-refractivity contribution is 5.84. The zero-order valence-electron chi connectivity index (χ0n) is 7.94. The fraction of sp³-hybridized carbons (Fsp3) is 0.222. The summed E-state index contributed by atoms with van der Waals surface area (Å²) in [5.74, 6) is 0.461. The van der Waals surface area contributed by atoms with Gasteiger partial charge >= 0.3 is 0 Å². The molecule has 2 N–H and O–H groups in total. The summed E-state index contributed by atoms with van der Waals surface area (Å²) in [4.78, 5) is 7.91. The van der Waals surface area contributed by atoms with Gasteiger partial charge in [0, 0.05) is 6.20 Å². The molecule has 0 saturated carbocycles. The lowest BCUT2D eigenvalue weighted by Gasteiger charge is -1.96. The molecular formula is C9H11N5. The maximum absolute atomic E-state index is 5.67. The maximum atomic E-state index is 5.67. The molecule has 2 aromatic rings. The van der Waals surface area contributed by atoms with Gasteiger partial charge in [0.25, 0.3) is 0 Å². The lowest BCUT2D eigenvalue weighted by atomic mass is 10.3. The number of nitrogens with zero attached hydrogens (tertiary/aromatic N) is 4. The monoisotopic (exact) mass is 189 g/mol. The molecule has 2 aromatic heterocycles. The fourth-order valence-electron chi connectivity index (χ4n) is 1.26. The second kappa shape index (κ2) is 3.10. The molecule has 0 radical (unpaired) electrons. The van der Waals surface area contributed by atoms with Crippen LogP contribution in [0.3, 0.4) is 0 Å². The second-order valence-electron chi connectivity index (χ2n) is 3.28. The van der Waals surface area contributed by atoms with Crippen LogP contribution in [0.25, 0.3) is 11.0 Å². The molecular weight excluding hydrogens is 178 g/mol. The molecule has 0 spiro atoms. The Bertz CT molecular complexity index is 485. The van der Waals surface area contributed by atoms with Crippen molar-refractivity contribution in [3.63, 3.8) is 0 Å². The van der Waals surface area contributed by atoms with Gasteiger partial charge in [0.2, 0.25) is 0 Å². The molecule has 0 amide bonds. The first kappa shape index (κ1) is 8.68. The summed E-state index contributed by atoms with van der Waals surface area (Å²) in [7, 11) is 0. The molecule has 0 atom stereocenters. The van der Waals surface area contributed by atoms with Crippen LogP contribution in [-0.2, 0) is 6.54 Å². The molecule has 0 unspecified atom stereocenters. The van der Waals surface area contributed by atoms with Crippen molar-refractivity contribution in [2.45, 2.75) is 13.5 Å². The number of rotatable bonds is 2. The molecule has 0 aliphatic carbocycles. The summed E-state index contributed by atoms with van der Waals surface area (Å²) < 4.78 is 1.76. The van der Waals surface area contributed by atoms with Crippen LogP contribution in [0.2, 0.25) is 0 Å². The minimum atomic E-state index is 0.461. The Hall–Kier alpha value is -1.91. The van der Waals surface area contributed by atoms with E-state index < -0.39 is 0 Å². The first-order valence-corrected chi connectivity index (χ1v) is 4.25. The largest absolute Gasteiger partial charge is 0.383 e. The summed E-state index contributed by atoms with van der Waals surface area (Å²) >= 11 is 0. The van der Waals surface area contributed by atoms with Gasteiger partial charge in [-0.2, -0.15) is 5.10 Å². The Kier molecular flexibility index (Phi) is 1.92. The summed E-state index contributed by atoms with van der Waals surface area (Å²) in [6, 6.07) is 0. The van der Waals surface area contributed by atoms with Crippen LogP contribution >= 0.6 is 0 Å². The highest BCUT2D eigenvalue weighted by Gasteiger charge is 2.04. The van der Waals surface area contributed by atoms with E-state index in [2.05, 4.69) is 21.6 Å². The van der Waals surface area contributed by atoms with Gasteiger partial charge in [-0.25, -0.2) is 9.97 Å². The molecule has 2 rings (SSSR count). The number of nitrogen functional groups attached to an aromatic ring is 1. The SMILES string of the molecule is C=C(C)Cn1cc2c(N)ncnc2n1. The molecule has 5 heteroatoms. The molecule has 0 saturated heterocycles. The van der Waals surface area contributed by atoms with Crippen LogP contribution in [-0.4, -0.2) is 19.7 Å². The van der Waals surface area contributed by atoms with Gasteiger partial charge in [0.05, 0.1) is 11.9 Å². The molecule has 5 nitrogen and oxygen atoms in total. The van der Waals surface area contributed by atoms with Crippen molar-refractivity contribution >= 4 is 16.9 Å². The Labute approximate surface area is 81.3 Å². The molecule has 0 fully saturated rings. The zero-order valence-corrected chi connectivity index (χ0v) is 7.94. The van der Waals surface area contributed by atoms with Gasteiger partial charge < -0.3 is 5.73 Å². The lowest BCUT2D eigenvalue weighted by molar-refractivity contribution is 0.685. The van der Waals surface area contributed by atoms with Crippen LogP contribution in [0, 0.1) is 0 Å². The molecule has 0 bridgehead atoms. The highest BCUT2D eigenvalue weighted by Crippen LogP contribution is 2.14. The predicted molar refractivity (Wildman–Crippen MR) is 54.5 cm³/mol. The van der Waals surface area contributed by atoms with Crippen LogP contribution in [0.5, 0.6) is 0 Å². The molecule has 2 heterocycles. The minimum absolute atomic E-state index is 0.461. The third kappa shape index (κ3) is 1.44. The van der Waals surface area contributed by atoms with E-state index in [1.54, 1.807) is 4.68 Å². The normalized spacial score (nSPS) is 10.6. The van der Waals surface area contributed by atoms with E-state index in [1.165, 1.54) is 6.33 Å². The number of aromatic nitrogens is 4. The number of allylic oxidation sites excluding steroid dienone is 1. The van der Waals surface area contributed by atoms with Crippen molar-refractivity contribution in [2.75, 3.05) is 5.73 Å². The zero-order chi connectivity index (χ0) is 10.1. The maximum Gasteiger partial charge on any atom is 0.186 e. The van der Waals surface area contributed by atoms with Crippen LogP contribution < -0.4 is 5.73 Å². The summed E-state index contributed by atoms with van der Waals surface area (Å²) in [5.41, 5.74) is 7.33. The van der Waals surface area contributed by atoms with Crippen LogP contribution in [0.4, 0.5) is 5.82 Å². The van der Waals surface area contributed by atoms with Gasteiger partial charge in [-0.1, -0.05) is 12.2 Å². The molecule has 0 aromatic carbocycles. The van der Waals surface area contributed by atoms with Crippen molar-refractivity contribution in [1.29, 1.82) is 0 Å². The Morgan fingerprint density at radius 2 is 2.36 bits per heavy atom. The number of nitrogens with two attached hydrogens (primary N) is 1. The van der Waals surface area contributed by atoms with E-state index in [0.717, 1.165) is 11.0 Å². The van der Waals surface area contributed by atoms with Crippen molar-refractivity contribution in [3.05, 3.63) is 24.7 Å². The average Bonchev–Trinajstić information content (AvgIpc) is 2.47. The van der Waals surface area contributed by atoms with E-state index in [-0.39, 0.29) is 0 Å². The van der Waals surface area contributed by atoms with E-state index in [9.17, 15) is 0 Å². The standard InChI is InChI=1S/C9H11N5/c1-6(2)3-14-4-7-8(10)11-5-12-9(7)13-14/h4-5H,1,3H2,2H3,(H2,10,11,12,13). The summed E-state index contributed by atoms with van der Waals surface area (Å²) in [6.07, 6.45) is 3.25. The third-order valence-corrected chi connectivity index (χ3v) is 1.83. The van der Waals surface area contributed by atoms with Gasteiger partial charge in [0.1, 0.15) is 12.1 Å². The van der Waals surface area contributed by atoms with E-state index in [4.69, 9.17) is 5.73 Å². The van der Waals surface area contributed by atoms with E-state index >= 15 is 0 Å². The number of anilines is 1. The minimum Gasteiger partial charge on any atom is -0.383 e. The van der Waals surface area contributed by atoms with Gasteiger partial charge in [-0.15, -0.1) is 0 Å². The molecule has 14 heavy (non-hydrogen) atoms. The number of hydrogen-bond acceptors (Lipinski definition) is 4. The quantitative estimate of drug-likeness (QED) is 0.715. The second-order valence-corrected chi connectivity index (χ2v) is 3.28. The summed E-state index contributed by atoms with van der Waals surface area (Å²) in [6.45, 7) is 6.44. The Morgan fingerprint density at radius 1 is 1.57 bits per heavy atom. The smallest absolute Gasteiger partial charge is 0.186 e. The lowest BCUT2D eigenvalue weighted by Crippen LogP contribution is -1.98. The number of fused-ring (bicyclic) bond motifs is 1. The molecule has 0 aliphatic heterocycles. The Balaban J connectivity index is 2.51. The van der Waals surface area contributed by atoms with Gasteiger partial charge in [0.15, 0.2) is 5.65 Å². The first-order valence-electron chi connectivity index (χ1n) is 4.25. The van der Waals surface area contributed by atoms with Crippen molar-refractivity contribution < 1.29 is 0 Å². The number of hydrogen-bond donors (Lipinski definition) is 1. The molecule has 72 valence electrons. The van der Waals surface area contributed by atoms with Crippen LogP contribution in [0.1, 0.15) is 6.92 Å². The van der Waals surface area contributed by atoms with Crippen molar-refractivity contribution in [1.82, 2.24) is 19.7 Å². The average molecular weight is 189 g/mol. The van der Waals surface area contributed by atoms with Crippen molar-refractivity contribution in [3.8, 4) is 0 Å². The third-order valence-electron chi connectivity index (χ3n) is 1.83. The van der Waals surface area contributed by atoms with Gasteiger partial charge in [-0.3, -0.25) is 4.68 Å². The van der Waals surface area contributed by atoms with E-state index in [1.807, 2.05) is 13.1 Å². The van der Waals surface area contributed by atoms with Crippen LogP contribution in [0.15, 0.2) is 24.7 Å². The topological polar surface area (TPSA) is 69.6 Å². The predicted octanol–water partition coefficient (Wildman–Crippen LogP) is 0.985. The van der Waals surface area contributed by atoms with Crippen molar-refractivity contribution in [2.24, 2.45) is 0 Å². The highest BCUT2D eigenvalue weighted by atomic mass is 15.3. The Morgan fingerprint density at radius 3 is 3.00 bits per heavy atom. The fourth-order valence-corrected chi connectivity index (χ4v) is 1.26.